The molecular formula is C14H14N2O5. The van der Waals surface area contributed by atoms with Crippen molar-refractivity contribution in [2.75, 3.05) is 6.54 Å². The van der Waals surface area contributed by atoms with Crippen molar-refractivity contribution >= 4 is 11.6 Å². The van der Waals surface area contributed by atoms with Crippen LogP contribution in [0.25, 0.3) is 0 Å². The van der Waals surface area contributed by atoms with Gasteiger partial charge in [0, 0.05) is 12.1 Å². The third kappa shape index (κ3) is 4.15. The van der Waals surface area contributed by atoms with Gasteiger partial charge in [-0.3, -0.25) is 14.9 Å². The number of benzene rings is 1. The molecule has 0 spiro atoms. The first-order chi connectivity index (χ1) is 10.1. The zero-order valence-corrected chi connectivity index (χ0v) is 11.1. The molecule has 1 heterocycles. The van der Waals surface area contributed by atoms with E-state index in [0.29, 0.717) is 11.3 Å². The summed E-state index contributed by atoms with van der Waals surface area (Å²) in [5.41, 5.74) is 0.637. The van der Waals surface area contributed by atoms with Crippen molar-refractivity contribution in [3.63, 3.8) is 0 Å². The molecule has 1 aromatic heterocycles. The highest BCUT2D eigenvalue weighted by molar-refractivity contribution is 5.78. The lowest BCUT2D eigenvalue weighted by atomic mass is 10.1. The first-order valence-electron chi connectivity index (χ1n) is 6.28. The largest absolute Gasteiger partial charge is 0.467 e. The molecule has 1 atom stereocenters. The maximum absolute atomic E-state index is 11.7. The molecule has 0 saturated heterocycles. The monoisotopic (exact) mass is 290 g/mol. The summed E-state index contributed by atoms with van der Waals surface area (Å²) in [4.78, 5) is 21.7. The van der Waals surface area contributed by atoms with Crippen LogP contribution in [0.4, 0.5) is 5.69 Å². The Morgan fingerprint density at radius 1 is 1.33 bits per heavy atom. The third-order valence-corrected chi connectivity index (χ3v) is 2.88. The van der Waals surface area contributed by atoms with Crippen LogP contribution in [-0.4, -0.2) is 22.5 Å². The second-order valence-electron chi connectivity index (χ2n) is 4.44. The number of nitrogens with one attached hydrogen (secondary N) is 1. The number of rotatable bonds is 6. The standard InChI is InChI=1S/C14H14N2O5/c17-12(13-2-1-7-21-13)9-15-14(18)8-10-3-5-11(6-4-10)16(19)20/h1-7,12,17H,8-9H2,(H,15,18)/t12-/m0/s1. The number of hydrogen-bond donors (Lipinski definition) is 2. The molecule has 0 aliphatic heterocycles. The number of aliphatic hydroxyl groups is 1. The maximum Gasteiger partial charge on any atom is 0.269 e. The molecule has 7 nitrogen and oxygen atoms in total. The van der Waals surface area contributed by atoms with Gasteiger partial charge >= 0.3 is 0 Å². The molecule has 2 N–H and O–H groups in total. The van der Waals surface area contributed by atoms with Gasteiger partial charge in [0.25, 0.3) is 5.69 Å². The first kappa shape index (κ1) is 14.7. The van der Waals surface area contributed by atoms with Gasteiger partial charge in [-0.2, -0.15) is 0 Å². The molecule has 1 amide bonds. The Morgan fingerprint density at radius 2 is 2.05 bits per heavy atom. The van der Waals surface area contributed by atoms with Crippen molar-refractivity contribution in [1.82, 2.24) is 5.32 Å². The van der Waals surface area contributed by atoms with Crippen LogP contribution >= 0.6 is 0 Å². The van der Waals surface area contributed by atoms with Crippen LogP contribution in [0.3, 0.4) is 0 Å². The molecule has 0 aliphatic carbocycles. The summed E-state index contributed by atoms with van der Waals surface area (Å²) < 4.78 is 5.02. The minimum Gasteiger partial charge on any atom is -0.467 e. The number of hydrogen-bond acceptors (Lipinski definition) is 5. The number of carbonyl (C=O) groups excluding carboxylic acids is 1. The highest BCUT2D eigenvalue weighted by atomic mass is 16.6. The van der Waals surface area contributed by atoms with Gasteiger partial charge in [-0.25, -0.2) is 0 Å². The number of aliphatic hydroxyl groups excluding tert-OH is 1. The number of amides is 1. The van der Waals surface area contributed by atoms with E-state index in [-0.39, 0.29) is 24.6 Å². The molecule has 110 valence electrons. The number of nitro benzene ring substituents is 1. The zero-order chi connectivity index (χ0) is 15.2. The molecule has 7 heteroatoms. The van der Waals surface area contributed by atoms with E-state index >= 15 is 0 Å². The number of carbonyl (C=O) groups is 1. The summed E-state index contributed by atoms with van der Waals surface area (Å²) in [6.07, 6.45) is 0.626. The average molecular weight is 290 g/mol. The first-order valence-corrected chi connectivity index (χ1v) is 6.28. The predicted molar refractivity (Wildman–Crippen MR) is 73.5 cm³/mol. The molecule has 0 unspecified atom stereocenters. The van der Waals surface area contributed by atoms with Crippen LogP contribution < -0.4 is 5.32 Å². The highest BCUT2D eigenvalue weighted by Crippen LogP contribution is 2.13. The third-order valence-electron chi connectivity index (χ3n) is 2.88. The van der Waals surface area contributed by atoms with E-state index in [1.807, 2.05) is 0 Å². The molecule has 0 fully saturated rings. The summed E-state index contributed by atoms with van der Waals surface area (Å²) in [5, 5.41) is 22.8. The molecule has 0 radical (unpaired) electrons. The topological polar surface area (TPSA) is 106 Å². The van der Waals surface area contributed by atoms with Crippen molar-refractivity contribution < 1.29 is 19.2 Å². The molecule has 0 aliphatic rings. The van der Waals surface area contributed by atoms with E-state index in [9.17, 15) is 20.0 Å². The lowest BCUT2D eigenvalue weighted by molar-refractivity contribution is -0.384. The van der Waals surface area contributed by atoms with Crippen LogP contribution in [0, 0.1) is 10.1 Å². The number of furan rings is 1. The molecule has 0 bridgehead atoms. The van der Waals surface area contributed by atoms with E-state index in [0.717, 1.165) is 0 Å². The van der Waals surface area contributed by atoms with E-state index in [1.54, 1.807) is 12.1 Å². The van der Waals surface area contributed by atoms with Gasteiger partial charge in [-0.05, 0) is 17.7 Å². The second-order valence-corrected chi connectivity index (χ2v) is 4.44. The van der Waals surface area contributed by atoms with Gasteiger partial charge in [-0.1, -0.05) is 12.1 Å². The van der Waals surface area contributed by atoms with Crippen molar-refractivity contribution in [1.29, 1.82) is 0 Å². The minimum atomic E-state index is -0.902. The molecule has 0 saturated carbocycles. The lowest BCUT2D eigenvalue weighted by Crippen LogP contribution is -2.29. The van der Waals surface area contributed by atoms with Gasteiger partial charge in [-0.15, -0.1) is 0 Å². The van der Waals surface area contributed by atoms with E-state index in [1.165, 1.54) is 30.5 Å². The van der Waals surface area contributed by atoms with Crippen molar-refractivity contribution in [2.24, 2.45) is 0 Å². The minimum absolute atomic E-state index is 0.0209. The fraction of sp³-hybridized carbons (Fsp3) is 0.214. The Hall–Kier alpha value is -2.67. The van der Waals surface area contributed by atoms with Crippen LogP contribution in [0.15, 0.2) is 47.1 Å². The van der Waals surface area contributed by atoms with Crippen molar-refractivity contribution in [3.8, 4) is 0 Å². The summed E-state index contributed by atoms with van der Waals surface area (Å²) in [6.45, 7) is 0.0410. The van der Waals surface area contributed by atoms with E-state index in [2.05, 4.69) is 5.32 Å². The zero-order valence-electron chi connectivity index (χ0n) is 11.1. The average Bonchev–Trinajstić information content (AvgIpc) is 2.99. The van der Waals surface area contributed by atoms with Crippen LogP contribution in [0.1, 0.15) is 17.4 Å². The van der Waals surface area contributed by atoms with Gasteiger partial charge < -0.3 is 14.8 Å². The Labute approximate surface area is 120 Å². The van der Waals surface area contributed by atoms with Crippen molar-refractivity contribution in [3.05, 3.63) is 64.1 Å². The van der Waals surface area contributed by atoms with Gasteiger partial charge in [0.1, 0.15) is 11.9 Å². The number of nitro groups is 1. The Bertz CT molecular complexity index is 607. The van der Waals surface area contributed by atoms with E-state index in [4.69, 9.17) is 4.42 Å². The summed E-state index contributed by atoms with van der Waals surface area (Å²) in [7, 11) is 0. The Morgan fingerprint density at radius 3 is 2.62 bits per heavy atom. The van der Waals surface area contributed by atoms with E-state index < -0.39 is 11.0 Å². The molecular weight excluding hydrogens is 276 g/mol. The van der Waals surface area contributed by atoms with Crippen LogP contribution in [-0.2, 0) is 11.2 Å². The SMILES string of the molecule is O=C(Cc1ccc([N+](=O)[O-])cc1)NC[C@H](O)c1ccco1. The van der Waals surface area contributed by atoms with Crippen LogP contribution in [0.5, 0.6) is 0 Å². The molecule has 1 aromatic carbocycles. The van der Waals surface area contributed by atoms with Gasteiger partial charge in [0.2, 0.25) is 5.91 Å². The molecule has 21 heavy (non-hydrogen) atoms. The van der Waals surface area contributed by atoms with Crippen LogP contribution in [0.2, 0.25) is 0 Å². The summed E-state index contributed by atoms with van der Waals surface area (Å²) in [6, 6.07) is 9.02. The summed E-state index contributed by atoms with van der Waals surface area (Å²) in [5.74, 6) is 0.0973. The number of nitrogens with zero attached hydrogens (tertiary/aromatic N) is 1. The molecule has 2 aromatic rings. The van der Waals surface area contributed by atoms with Gasteiger partial charge in [0.05, 0.1) is 24.2 Å². The Kier molecular flexibility index (Phi) is 4.68. The normalized spacial score (nSPS) is 11.9. The fourth-order valence-corrected chi connectivity index (χ4v) is 1.78. The highest BCUT2D eigenvalue weighted by Gasteiger charge is 2.12. The van der Waals surface area contributed by atoms with Crippen molar-refractivity contribution in [2.45, 2.75) is 12.5 Å². The summed E-state index contributed by atoms with van der Waals surface area (Å²) >= 11 is 0. The quantitative estimate of drug-likeness (QED) is 0.620. The molecule has 2 rings (SSSR count). The predicted octanol–water partition coefficient (Wildman–Crippen LogP) is 1.58. The Balaban J connectivity index is 1.83. The maximum atomic E-state index is 11.7. The smallest absolute Gasteiger partial charge is 0.269 e. The fourth-order valence-electron chi connectivity index (χ4n) is 1.78. The second kappa shape index (κ2) is 6.67. The lowest BCUT2D eigenvalue weighted by Gasteiger charge is -2.09. The number of non-ortho nitro benzene ring substituents is 1. The van der Waals surface area contributed by atoms with Gasteiger partial charge in [0.15, 0.2) is 0 Å².